The molecule has 3 aliphatic carbocycles. The van der Waals surface area contributed by atoms with Crippen LogP contribution in [0.5, 0.6) is 5.75 Å². The molecule has 0 bridgehead atoms. The van der Waals surface area contributed by atoms with Gasteiger partial charge >= 0.3 is 0 Å². The number of aliphatic hydroxyl groups is 4. The lowest BCUT2D eigenvalue weighted by atomic mass is 9.55. The van der Waals surface area contributed by atoms with Crippen molar-refractivity contribution in [3.63, 3.8) is 0 Å². The predicted molar refractivity (Wildman–Crippen MR) is 147 cm³/mol. The minimum Gasteiger partial charge on any atom is -0.510 e. The van der Waals surface area contributed by atoms with Gasteiger partial charge in [0.2, 0.25) is 5.78 Å². The number of ketones is 2. The van der Waals surface area contributed by atoms with Crippen LogP contribution in [0.15, 0.2) is 65.1 Å². The lowest BCUT2D eigenvalue weighted by Gasteiger charge is -2.53. The molecular formula is C30H31N3O9. The summed E-state index contributed by atoms with van der Waals surface area (Å²) in [4.78, 5) is 53.4. The summed E-state index contributed by atoms with van der Waals surface area (Å²) in [5, 5.41) is 59.6. The molecule has 6 atom stereocenters. The fourth-order valence-electron chi connectivity index (χ4n) is 6.68. The number of fused-ring (bicyclic) bond motifs is 3. The van der Waals surface area contributed by atoms with Crippen molar-refractivity contribution in [1.29, 1.82) is 0 Å². The second kappa shape index (κ2) is 10.1. The largest absolute Gasteiger partial charge is 0.510 e. The van der Waals surface area contributed by atoms with Crippen LogP contribution in [0.1, 0.15) is 44.7 Å². The number of benzene rings is 2. The average molecular weight is 578 g/mol. The van der Waals surface area contributed by atoms with Crippen molar-refractivity contribution in [3.8, 4) is 5.75 Å². The molecule has 0 saturated carbocycles. The van der Waals surface area contributed by atoms with Crippen molar-refractivity contribution in [2.75, 3.05) is 14.1 Å². The van der Waals surface area contributed by atoms with Gasteiger partial charge in [-0.15, -0.1) is 0 Å². The van der Waals surface area contributed by atoms with Crippen LogP contribution in [0.25, 0.3) is 0 Å². The highest BCUT2D eigenvalue weighted by Gasteiger charge is 2.67. The summed E-state index contributed by atoms with van der Waals surface area (Å²) >= 11 is 0. The van der Waals surface area contributed by atoms with Crippen LogP contribution in [0, 0.1) is 11.8 Å². The lowest BCUT2D eigenvalue weighted by molar-refractivity contribution is -0.162. The van der Waals surface area contributed by atoms with E-state index in [9.17, 15) is 44.7 Å². The number of primary amides is 1. The Balaban J connectivity index is 1.62. The molecule has 0 spiro atoms. The normalized spacial score (nSPS) is 28.8. The van der Waals surface area contributed by atoms with E-state index in [2.05, 4.69) is 5.32 Å². The quantitative estimate of drug-likeness (QED) is 0.246. The van der Waals surface area contributed by atoms with E-state index >= 15 is 0 Å². The predicted octanol–water partition coefficient (Wildman–Crippen LogP) is 0.582. The number of rotatable bonds is 5. The van der Waals surface area contributed by atoms with Gasteiger partial charge in [-0.2, -0.15) is 0 Å². The minimum atomic E-state index is -2.99. The van der Waals surface area contributed by atoms with E-state index in [1.165, 1.54) is 25.1 Å². The van der Waals surface area contributed by atoms with Crippen molar-refractivity contribution >= 4 is 23.4 Å². The third-order valence-corrected chi connectivity index (χ3v) is 8.69. The Morgan fingerprint density at radius 3 is 2.29 bits per heavy atom. The molecule has 0 heterocycles. The molecule has 0 radical (unpaired) electrons. The third kappa shape index (κ3) is 3.94. The smallest absolute Gasteiger partial charge is 0.255 e. The number of carbonyl (C=O) groups is 4. The van der Waals surface area contributed by atoms with Gasteiger partial charge < -0.3 is 36.6 Å². The number of carbonyl (C=O) groups excluding carboxylic acids is 4. The van der Waals surface area contributed by atoms with E-state index in [0.717, 1.165) is 0 Å². The molecule has 0 aromatic heterocycles. The van der Waals surface area contributed by atoms with Gasteiger partial charge in [0.1, 0.15) is 22.8 Å². The van der Waals surface area contributed by atoms with Crippen LogP contribution >= 0.6 is 0 Å². The number of hydrogen-bond acceptors (Lipinski definition) is 10. The van der Waals surface area contributed by atoms with Crippen LogP contribution in [0.4, 0.5) is 0 Å². The highest BCUT2D eigenvalue weighted by Crippen LogP contribution is 2.55. The van der Waals surface area contributed by atoms with Gasteiger partial charge in [-0.3, -0.25) is 24.1 Å². The van der Waals surface area contributed by atoms with E-state index in [4.69, 9.17) is 5.73 Å². The maximum atomic E-state index is 13.9. The van der Waals surface area contributed by atoms with E-state index in [-0.39, 0.29) is 17.7 Å². The molecule has 0 fully saturated rings. The Hall–Kier alpha value is -4.52. The summed E-state index contributed by atoms with van der Waals surface area (Å²) in [6.07, 6.45) is -1.67. The maximum absolute atomic E-state index is 13.9. The van der Waals surface area contributed by atoms with Crippen LogP contribution in [0.3, 0.4) is 0 Å². The van der Waals surface area contributed by atoms with Gasteiger partial charge in [-0.25, -0.2) is 0 Å². The Labute approximate surface area is 240 Å². The number of aromatic hydroxyl groups is 1. The molecule has 5 rings (SSSR count). The summed E-state index contributed by atoms with van der Waals surface area (Å²) in [7, 11) is 2.94. The SMILES string of the molecule is C[C@H]1c2ccc(CNC(=O)c3ccccc3)c(O)c2C(=O)C2=C(O)[C@]3(O)C(=O)C(C(N)=O)=C(O)[C@@H](N(C)C)C3[C@@H](O)C21. The Bertz CT molecular complexity index is 1600. The van der Waals surface area contributed by atoms with Gasteiger partial charge in [-0.1, -0.05) is 37.3 Å². The van der Waals surface area contributed by atoms with E-state index in [1.54, 1.807) is 43.3 Å². The number of nitrogens with two attached hydrogens (primary N) is 1. The van der Waals surface area contributed by atoms with Crippen LogP contribution < -0.4 is 11.1 Å². The zero-order valence-corrected chi connectivity index (χ0v) is 23.0. The number of phenolic OH excluding ortho intramolecular Hbond substituents is 1. The van der Waals surface area contributed by atoms with Crippen molar-refractivity contribution < 1.29 is 44.7 Å². The van der Waals surface area contributed by atoms with E-state index < -0.39 is 87.3 Å². The number of nitrogens with one attached hydrogen (secondary N) is 1. The summed E-state index contributed by atoms with van der Waals surface area (Å²) in [6, 6.07) is 10.1. The molecule has 2 aromatic rings. The molecule has 0 aliphatic heterocycles. The molecule has 12 heteroatoms. The number of amides is 2. The standard InChI is InChI=1S/C30H31N3O9/c1-12-15-10-9-14(11-32-29(41)13-7-5-4-6-8-13)22(34)17(15)23(35)18-16(12)24(36)20-21(33(2)3)25(37)19(28(31)40)27(39)30(20,42)26(18)38/h4-10,12,16,20-21,24,34,36-38,42H,11H2,1-3H3,(H2,31,40)(H,32,41)/t12-,16?,20?,21-,24-,30-/m0/s1. The zero-order chi connectivity index (χ0) is 30.8. The first-order chi connectivity index (χ1) is 19.7. The molecule has 3 aliphatic rings. The third-order valence-electron chi connectivity index (χ3n) is 8.69. The monoisotopic (exact) mass is 577 g/mol. The number of phenols is 1. The van der Waals surface area contributed by atoms with Crippen molar-refractivity contribution in [3.05, 3.63) is 87.4 Å². The first kappa shape index (κ1) is 29.0. The number of aliphatic hydroxyl groups excluding tert-OH is 3. The maximum Gasteiger partial charge on any atom is 0.255 e. The van der Waals surface area contributed by atoms with E-state index in [0.29, 0.717) is 11.1 Å². The number of hydrogen-bond donors (Lipinski definition) is 7. The van der Waals surface area contributed by atoms with Gasteiger partial charge in [0.15, 0.2) is 11.4 Å². The van der Waals surface area contributed by atoms with Crippen molar-refractivity contribution in [2.24, 2.45) is 17.6 Å². The minimum absolute atomic E-state index is 0.146. The Kier molecular flexibility index (Phi) is 6.96. The fourth-order valence-corrected chi connectivity index (χ4v) is 6.68. The average Bonchev–Trinajstić information content (AvgIpc) is 2.94. The fraction of sp³-hybridized carbons (Fsp3) is 0.333. The molecule has 0 saturated heterocycles. The Morgan fingerprint density at radius 2 is 1.69 bits per heavy atom. The van der Waals surface area contributed by atoms with Crippen LogP contribution in [-0.4, -0.2) is 85.7 Å². The van der Waals surface area contributed by atoms with Gasteiger partial charge in [0.05, 0.1) is 23.6 Å². The molecule has 220 valence electrons. The highest BCUT2D eigenvalue weighted by atomic mass is 16.4. The van der Waals surface area contributed by atoms with E-state index in [1.807, 2.05) is 0 Å². The molecular weight excluding hydrogens is 546 g/mol. The summed E-state index contributed by atoms with van der Waals surface area (Å²) in [6.45, 7) is 1.50. The molecule has 12 nitrogen and oxygen atoms in total. The molecule has 8 N–H and O–H groups in total. The van der Waals surface area contributed by atoms with Crippen LogP contribution in [0.2, 0.25) is 0 Å². The molecule has 42 heavy (non-hydrogen) atoms. The topological polar surface area (TPSA) is 211 Å². The summed E-state index contributed by atoms with van der Waals surface area (Å²) in [5.41, 5.74) is 1.59. The highest BCUT2D eigenvalue weighted by molar-refractivity contribution is 6.25. The Morgan fingerprint density at radius 1 is 1.05 bits per heavy atom. The summed E-state index contributed by atoms with van der Waals surface area (Å²) < 4.78 is 0. The number of Topliss-reactive ketones (excluding diaryl/α,β-unsaturated/α-hetero) is 2. The first-order valence-corrected chi connectivity index (χ1v) is 13.3. The first-order valence-electron chi connectivity index (χ1n) is 13.3. The molecule has 2 aromatic carbocycles. The van der Waals surface area contributed by atoms with Crippen molar-refractivity contribution in [1.82, 2.24) is 10.2 Å². The molecule has 2 amide bonds. The summed E-state index contributed by atoms with van der Waals surface area (Å²) in [5.74, 6) is -9.97. The number of likely N-dealkylation sites (N-methyl/N-ethyl adjacent to an activating group) is 1. The zero-order valence-electron chi connectivity index (χ0n) is 23.0. The lowest BCUT2D eigenvalue weighted by Crippen LogP contribution is -2.68. The second-order valence-electron chi connectivity index (χ2n) is 11.1. The van der Waals surface area contributed by atoms with Gasteiger partial charge in [0.25, 0.3) is 11.8 Å². The number of nitrogens with zero attached hydrogens (tertiary/aromatic N) is 1. The second-order valence-corrected chi connectivity index (χ2v) is 11.1. The van der Waals surface area contributed by atoms with Crippen LogP contribution in [-0.2, 0) is 16.1 Å². The molecule has 2 unspecified atom stereocenters. The van der Waals surface area contributed by atoms with Gasteiger partial charge in [-0.05, 0) is 37.7 Å². The van der Waals surface area contributed by atoms with Crippen molar-refractivity contribution in [2.45, 2.75) is 37.1 Å². The van der Waals surface area contributed by atoms with Gasteiger partial charge in [0, 0.05) is 29.2 Å².